The van der Waals surface area contributed by atoms with Gasteiger partial charge in [-0.15, -0.1) is 0 Å². The third kappa shape index (κ3) is 1.60. The van der Waals surface area contributed by atoms with Gasteiger partial charge in [-0.2, -0.15) is 0 Å². The van der Waals surface area contributed by atoms with E-state index < -0.39 is 11.2 Å². The minimum Gasteiger partial charge on any atom is -0.395 e. The third-order valence-corrected chi connectivity index (χ3v) is 2.28. The summed E-state index contributed by atoms with van der Waals surface area (Å²) in [7, 11) is 0. The molecule has 1 aliphatic heterocycles. The zero-order valence-electron chi connectivity index (χ0n) is 6.38. The van der Waals surface area contributed by atoms with Gasteiger partial charge in [-0.1, -0.05) is 0 Å². The van der Waals surface area contributed by atoms with E-state index in [2.05, 4.69) is 0 Å². The second kappa shape index (κ2) is 3.32. The van der Waals surface area contributed by atoms with Gasteiger partial charge in [0.1, 0.15) is 5.78 Å². The lowest BCUT2D eigenvalue weighted by Crippen LogP contribution is -2.39. The molecule has 62 valence electrons. The molecule has 0 unspecified atom stereocenters. The van der Waals surface area contributed by atoms with Crippen LogP contribution < -0.4 is 0 Å². The number of hydrogen-bond donors (Lipinski definition) is 1. The quantitative estimate of drug-likeness (QED) is 0.614. The fourth-order valence-corrected chi connectivity index (χ4v) is 1.24. The van der Waals surface area contributed by atoms with Crippen molar-refractivity contribution >= 4 is 5.78 Å². The van der Waals surface area contributed by atoms with Gasteiger partial charge in [0.25, 0.3) is 0 Å². The van der Waals surface area contributed by atoms with Gasteiger partial charge in [0.05, 0.1) is 12.0 Å². The molecular weight excluding hydrogens is 144 g/mol. The predicted octanol–water partition coefficient (Wildman–Crippen LogP) is 0.0557. The average molecular weight is 156 g/mol. The Labute approximate surface area is 66.4 Å². The summed E-state index contributed by atoms with van der Waals surface area (Å²) >= 11 is 0. The molecule has 3 heteroatoms. The first-order valence-corrected chi connectivity index (χ1v) is 3.70. The first kappa shape index (κ1) is 8.68. The molecule has 0 aromatic heterocycles. The summed E-state index contributed by atoms with van der Waals surface area (Å²) in [5.41, 5.74) is -0.710. The van der Waals surface area contributed by atoms with Gasteiger partial charge in [0.15, 0.2) is 0 Å². The fraction of sp³-hybridized carbons (Fsp3) is 0.750. The van der Waals surface area contributed by atoms with E-state index in [-0.39, 0.29) is 6.61 Å². The SMILES string of the molecule is [CH]C(=O)C1(CO)CCOCC1. The lowest BCUT2D eigenvalue weighted by atomic mass is 9.78. The highest BCUT2D eigenvalue weighted by Gasteiger charge is 2.36. The molecule has 0 spiro atoms. The van der Waals surface area contributed by atoms with Crippen molar-refractivity contribution < 1.29 is 14.6 Å². The largest absolute Gasteiger partial charge is 0.395 e. The Morgan fingerprint density at radius 2 is 2.09 bits per heavy atom. The highest BCUT2D eigenvalue weighted by molar-refractivity contribution is 5.88. The number of hydrogen-bond acceptors (Lipinski definition) is 3. The summed E-state index contributed by atoms with van der Waals surface area (Å²) < 4.78 is 5.06. The molecule has 1 heterocycles. The van der Waals surface area contributed by atoms with E-state index >= 15 is 0 Å². The Kier molecular flexibility index (Phi) is 2.62. The average Bonchev–Trinajstić information content (AvgIpc) is 2.05. The third-order valence-electron chi connectivity index (χ3n) is 2.28. The Balaban J connectivity index is 2.64. The second-order valence-electron chi connectivity index (χ2n) is 2.92. The molecule has 0 aromatic carbocycles. The molecule has 0 aliphatic carbocycles. The first-order valence-electron chi connectivity index (χ1n) is 3.70. The van der Waals surface area contributed by atoms with Crippen molar-refractivity contribution in [3.05, 3.63) is 6.92 Å². The molecule has 0 aromatic rings. The first-order chi connectivity index (χ1) is 5.21. The maximum atomic E-state index is 10.9. The zero-order chi connectivity index (χ0) is 8.32. The maximum absolute atomic E-state index is 10.9. The lowest BCUT2D eigenvalue weighted by Gasteiger charge is -2.32. The molecule has 3 nitrogen and oxygen atoms in total. The smallest absolute Gasteiger partial charge is 0.146 e. The van der Waals surface area contributed by atoms with Crippen LogP contribution >= 0.6 is 0 Å². The van der Waals surface area contributed by atoms with Crippen LogP contribution in [0.15, 0.2) is 0 Å². The second-order valence-corrected chi connectivity index (χ2v) is 2.92. The van der Waals surface area contributed by atoms with Crippen molar-refractivity contribution in [3.8, 4) is 0 Å². The van der Waals surface area contributed by atoms with Crippen LogP contribution in [0.4, 0.5) is 0 Å². The van der Waals surface area contributed by atoms with E-state index in [1.54, 1.807) is 0 Å². The summed E-state index contributed by atoms with van der Waals surface area (Å²) in [5, 5.41) is 8.96. The standard InChI is InChI=1S/C8H12O3/c1-7(10)8(6-9)2-4-11-5-3-8/h1,9H,2-6H2. The summed E-state index contributed by atoms with van der Waals surface area (Å²) in [6.45, 7) is 6.03. The Hall–Kier alpha value is -0.410. The highest BCUT2D eigenvalue weighted by Crippen LogP contribution is 2.30. The van der Waals surface area contributed by atoms with Gasteiger partial charge in [-0.25, -0.2) is 0 Å². The van der Waals surface area contributed by atoms with Crippen molar-refractivity contribution in [2.45, 2.75) is 12.8 Å². The van der Waals surface area contributed by atoms with Crippen LogP contribution in [0, 0.1) is 12.3 Å². The molecule has 0 amide bonds. The van der Waals surface area contributed by atoms with Crippen LogP contribution in [-0.2, 0) is 9.53 Å². The molecule has 11 heavy (non-hydrogen) atoms. The van der Waals surface area contributed by atoms with Crippen LogP contribution in [0.3, 0.4) is 0 Å². The van der Waals surface area contributed by atoms with E-state index in [1.807, 2.05) is 0 Å². The van der Waals surface area contributed by atoms with E-state index in [0.717, 1.165) is 0 Å². The van der Waals surface area contributed by atoms with Gasteiger partial charge in [-0.3, -0.25) is 4.79 Å². The van der Waals surface area contributed by atoms with Gasteiger partial charge in [0.2, 0.25) is 0 Å². The molecule has 1 N–H and O–H groups in total. The van der Waals surface area contributed by atoms with E-state index in [1.165, 1.54) is 0 Å². The fourth-order valence-electron chi connectivity index (χ4n) is 1.24. The van der Waals surface area contributed by atoms with Crippen molar-refractivity contribution in [1.82, 2.24) is 0 Å². The summed E-state index contributed by atoms with van der Waals surface area (Å²) in [6, 6.07) is 0. The van der Waals surface area contributed by atoms with Crippen molar-refractivity contribution in [1.29, 1.82) is 0 Å². The number of carbonyl (C=O) groups is 1. The van der Waals surface area contributed by atoms with E-state index in [4.69, 9.17) is 16.8 Å². The molecule has 1 aliphatic rings. The van der Waals surface area contributed by atoms with Crippen molar-refractivity contribution in [2.24, 2.45) is 5.41 Å². The van der Waals surface area contributed by atoms with Crippen molar-refractivity contribution in [2.75, 3.05) is 19.8 Å². The van der Waals surface area contributed by atoms with Gasteiger partial charge < -0.3 is 9.84 Å². The molecule has 1 fully saturated rings. The number of ketones is 1. The highest BCUT2D eigenvalue weighted by atomic mass is 16.5. The monoisotopic (exact) mass is 156 g/mol. The molecule has 1 rings (SSSR count). The maximum Gasteiger partial charge on any atom is 0.146 e. The number of aliphatic hydroxyl groups excluding tert-OH is 1. The Bertz CT molecular complexity index is 147. The Morgan fingerprint density at radius 1 is 1.55 bits per heavy atom. The minimum absolute atomic E-state index is 0.161. The number of carbonyl (C=O) groups excluding carboxylic acids is 1. The van der Waals surface area contributed by atoms with Gasteiger partial charge in [-0.05, 0) is 12.8 Å². The molecular formula is C8H12O3. The molecule has 0 saturated carbocycles. The van der Waals surface area contributed by atoms with Gasteiger partial charge in [0, 0.05) is 20.1 Å². The van der Waals surface area contributed by atoms with E-state index in [9.17, 15) is 4.79 Å². The van der Waals surface area contributed by atoms with Crippen LogP contribution in [0.2, 0.25) is 0 Å². The number of rotatable bonds is 2. The predicted molar refractivity (Wildman–Crippen MR) is 38.9 cm³/mol. The summed E-state index contributed by atoms with van der Waals surface area (Å²) in [5.74, 6) is -0.414. The molecule has 1 saturated heterocycles. The number of Topliss-reactive ketones (excluding diaryl/α,β-unsaturated/α-hetero) is 1. The normalized spacial score (nSPS) is 23.1. The number of aliphatic hydroxyl groups is 1. The Morgan fingerprint density at radius 3 is 2.36 bits per heavy atom. The molecule has 2 radical (unpaired) electrons. The molecule has 0 bridgehead atoms. The van der Waals surface area contributed by atoms with E-state index in [0.29, 0.717) is 26.1 Å². The van der Waals surface area contributed by atoms with Crippen molar-refractivity contribution in [3.63, 3.8) is 0 Å². The number of ether oxygens (including phenoxy) is 1. The van der Waals surface area contributed by atoms with Crippen LogP contribution in [0.1, 0.15) is 12.8 Å². The topological polar surface area (TPSA) is 46.5 Å². The molecule has 0 atom stereocenters. The van der Waals surface area contributed by atoms with Crippen LogP contribution in [-0.4, -0.2) is 30.7 Å². The van der Waals surface area contributed by atoms with Gasteiger partial charge >= 0.3 is 0 Å². The lowest BCUT2D eigenvalue weighted by molar-refractivity contribution is -0.132. The summed E-state index contributed by atoms with van der Waals surface area (Å²) in [6.07, 6.45) is 1.08. The summed E-state index contributed by atoms with van der Waals surface area (Å²) in [4.78, 5) is 10.9. The zero-order valence-corrected chi connectivity index (χ0v) is 6.38. The van der Waals surface area contributed by atoms with Crippen LogP contribution in [0.25, 0.3) is 0 Å². The van der Waals surface area contributed by atoms with Crippen LogP contribution in [0.5, 0.6) is 0 Å². The minimum atomic E-state index is -0.710.